The van der Waals surface area contributed by atoms with Gasteiger partial charge in [-0.2, -0.15) is 0 Å². The summed E-state index contributed by atoms with van der Waals surface area (Å²) >= 11 is 0. The quantitative estimate of drug-likeness (QED) is 0.410. The normalized spacial score (nSPS) is 17.0. The predicted octanol–water partition coefficient (Wildman–Crippen LogP) is -0.0656. The number of rotatable bonds is 6. The van der Waals surface area contributed by atoms with Crippen LogP contribution in [-0.2, 0) is 22.1 Å². The van der Waals surface area contributed by atoms with Crippen LogP contribution in [0, 0.1) is 0 Å². The molecule has 0 radical (unpaired) electrons. The monoisotopic (exact) mass is 373 g/mol. The molecule has 0 spiro atoms. The Bertz CT molecular complexity index is 778. The van der Waals surface area contributed by atoms with Crippen molar-refractivity contribution >= 4 is 15.2 Å². The highest BCUT2D eigenvalue weighted by Gasteiger charge is 2.57. The van der Waals surface area contributed by atoms with E-state index in [0.717, 1.165) is 15.7 Å². The average molecular weight is 373 g/mol. The summed E-state index contributed by atoms with van der Waals surface area (Å²) in [5.74, 6) is 0. The zero-order valence-corrected chi connectivity index (χ0v) is 14.3. The Balaban J connectivity index is 2.31. The lowest BCUT2D eigenvalue weighted by Gasteiger charge is -2.33. The standard InChI is InChI=1S/C14H17NO7P2/c16-14(23(17,18)19,24(20,21)22)11-15-8-4-7-13(10-15)9-12-5-2-1-3-6-12/h1-8,10,16H,9,11H2,(H3-,17,18,19,20,21,22). The fraction of sp³-hybridized carbons (Fsp3) is 0.214. The van der Waals surface area contributed by atoms with Crippen molar-refractivity contribution in [2.75, 3.05) is 0 Å². The van der Waals surface area contributed by atoms with E-state index in [4.69, 9.17) is 14.7 Å². The van der Waals surface area contributed by atoms with Crippen molar-refractivity contribution in [3.63, 3.8) is 0 Å². The Morgan fingerprint density at radius 3 is 2.12 bits per heavy atom. The lowest BCUT2D eigenvalue weighted by Crippen LogP contribution is -2.49. The molecule has 2 rings (SSSR count). The van der Waals surface area contributed by atoms with Gasteiger partial charge >= 0.3 is 7.60 Å². The van der Waals surface area contributed by atoms with Crippen LogP contribution in [0.3, 0.4) is 0 Å². The summed E-state index contributed by atoms with van der Waals surface area (Å²) in [5.41, 5.74) is 1.72. The molecule has 0 saturated heterocycles. The van der Waals surface area contributed by atoms with Gasteiger partial charge in [-0.05, 0) is 11.6 Å². The van der Waals surface area contributed by atoms with Crippen LogP contribution in [0.25, 0.3) is 0 Å². The molecular weight excluding hydrogens is 356 g/mol. The van der Waals surface area contributed by atoms with Gasteiger partial charge in [0.2, 0.25) is 0 Å². The first kappa shape index (κ1) is 19.0. The van der Waals surface area contributed by atoms with E-state index in [1.807, 2.05) is 30.3 Å². The van der Waals surface area contributed by atoms with Crippen LogP contribution in [-0.4, -0.2) is 24.9 Å². The fourth-order valence-corrected chi connectivity index (χ4v) is 4.21. The third kappa shape index (κ3) is 4.18. The SMILES string of the molecule is O=P([O-])(O)C(O)(C[n+]1cccc(Cc2ccccc2)c1)P(=O)(O)O. The van der Waals surface area contributed by atoms with Crippen molar-refractivity contribution in [1.82, 2.24) is 0 Å². The number of hydrogen-bond donors (Lipinski definition) is 4. The van der Waals surface area contributed by atoms with Gasteiger partial charge < -0.3 is 29.2 Å². The number of nitrogens with zero attached hydrogens (tertiary/aromatic N) is 1. The number of pyridine rings is 1. The second-order valence-corrected chi connectivity index (χ2v) is 9.35. The maximum Gasteiger partial charge on any atom is 0.372 e. The average Bonchev–Trinajstić information content (AvgIpc) is 2.46. The van der Waals surface area contributed by atoms with E-state index >= 15 is 0 Å². The van der Waals surface area contributed by atoms with E-state index in [-0.39, 0.29) is 0 Å². The molecule has 4 N–H and O–H groups in total. The summed E-state index contributed by atoms with van der Waals surface area (Å²) in [6.45, 7) is -1.00. The molecule has 0 aliphatic carbocycles. The van der Waals surface area contributed by atoms with Crippen molar-refractivity contribution in [2.24, 2.45) is 0 Å². The number of aromatic nitrogens is 1. The molecule has 0 aliphatic rings. The summed E-state index contributed by atoms with van der Waals surface area (Å²) < 4.78 is 23.8. The summed E-state index contributed by atoms with van der Waals surface area (Å²) in [7, 11) is -11.3. The van der Waals surface area contributed by atoms with Crippen molar-refractivity contribution in [2.45, 2.75) is 18.0 Å². The first-order chi connectivity index (χ1) is 11.0. The van der Waals surface area contributed by atoms with E-state index in [9.17, 15) is 19.1 Å². The number of aliphatic hydroxyl groups is 1. The molecule has 2 aromatic rings. The van der Waals surface area contributed by atoms with Crippen LogP contribution in [0.2, 0.25) is 0 Å². The molecule has 8 nitrogen and oxygen atoms in total. The molecule has 0 fully saturated rings. The molecule has 2 unspecified atom stereocenters. The molecular formula is C14H17NO7P2. The fourth-order valence-electron chi connectivity index (χ4n) is 2.20. The van der Waals surface area contributed by atoms with Gasteiger partial charge in [0, 0.05) is 18.1 Å². The molecule has 0 bridgehead atoms. The highest BCUT2D eigenvalue weighted by molar-refractivity contribution is 7.71. The molecule has 1 aromatic heterocycles. The minimum absolute atomic E-state index is 0.504. The van der Waals surface area contributed by atoms with Crippen molar-refractivity contribution in [3.8, 4) is 0 Å². The maximum absolute atomic E-state index is 11.4. The van der Waals surface area contributed by atoms with E-state index < -0.39 is 26.8 Å². The van der Waals surface area contributed by atoms with Gasteiger partial charge in [0.25, 0.3) is 5.08 Å². The molecule has 1 aromatic carbocycles. The molecule has 10 heteroatoms. The summed E-state index contributed by atoms with van der Waals surface area (Å²) in [6.07, 6.45) is 3.29. The Labute approximate surface area is 138 Å². The van der Waals surface area contributed by atoms with Gasteiger partial charge in [-0.15, -0.1) is 0 Å². The Hall–Kier alpha value is -1.37. The van der Waals surface area contributed by atoms with E-state index in [1.165, 1.54) is 12.4 Å². The van der Waals surface area contributed by atoms with Gasteiger partial charge in [-0.25, -0.2) is 4.57 Å². The Morgan fingerprint density at radius 1 is 1.00 bits per heavy atom. The lowest BCUT2D eigenvalue weighted by atomic mass is 10.1. The van der Waals surface area contributed by atoms with E-state index in [0.29, 0.717) is 6.42 Å². The van der Waals surface area contributed by atoms with E-state index in [1.54, 1.807) is 12.1 Å². The van der Waals surface area contributed by atoms with Gasteiger partial charge in [-0.3, -0.25) is 4.57 Å². The molecule has 0 aliphatic heterocycles. The summed E-state index contributed by atoms with van der Waals surface area (Å²) in [4.78, 5) is 38.7. The third-order valence-corrected chi connectivity index (χ3v) is 7.15. The minimum Gasteiger partial charge on any atom is -0.776 e. The summed E-state index contributed by atoms with van der Waals surface area (Å²) in [6, 6.07) is 12.7. The molecule has 2 atom stereocenters. The summed E-state index contributed by atoms with van der Waals surface area (Å²) in [5, 5.41) is 6.32. The largest absolute Gasteiger partial charge is 0.776 e. The van der Waals surface area contributed by atoms with Gasteiger partial charge in [0.15, 0.2) is 26.5 Å². The molecule has 130 valence electrons. The van der Waals surface area contributed by atoms with Crippen molar-refractivity contribution in [3.05, 3.63) is 66.0 Å². The topological polar surface area (TPSA) is 142 Å². The number of benzene rings is 1. The van der Waals surface area contributed by atoms with Crippen LogP contribution in [0.15, 0.2) is 54.9 Å². The highest BCUT2D eigenvalue weighted by Crippen LogP contribution is 2.65. The third-order valence-electron chi connectivity index (χ3n) is 3.48. The van der Waals surface area contributed by atoms with Crippen LogP contribution in [0.1, 0.15) is 11.1 Å². The van der Waals surface area contributed by atoms with Crippen LogP contribution in [0.4, 0.5) is 0 Å². The molecule has 24 heavy (non-hydrogen) atoms. The number of hydrogen-bond acceptors (Lipinski definition) is 4. The van der Waals surface area contributed by atoms with Crippen LogP contribution >= 0.6 is 15.2 Å². The smallest absolute Gasteiger partial charge is 0.372 e. The first-order valence-electron chi connectivity index (χ1n) is 6.87. The Morgan fingerprint density at radius 2 is 1.58 bits per heavy atom. The van der Waals surface area contributed by atoms with E-state index in [2.05, 4.69) is 0 Å². The van der Waals surface area contributed by atoms with Crippen LogP contribution < -0.4 is 9.46 Å². The molecule has 1 heterocycles. The highest BCUT2D eigenvalue weighted by atomic mass is 31.2. The zero-order valence-electron chi connectivity index (χ0n) is 12.5. The predicted molar refractivity (Wildman–Crippen MR) is 82.7 cm³/mol. The minimum atomic E-state index is -5.73. The lowest BCUT2D eigenvalue weighted by molar-refractivity contribution is -0.704. The maximum atomic E-state index is 11.4. The second kappa shape index (κ2) is 6.86. The van der Waals surface area contributed by atoms with Crippen molar-refractivity contribution < 1.29 is 38.4 Å². The zero-order chi connectivity index (χ0) is 18.0. The molecule has 0 saturated carbocycles. The van der Waals surface area contributed by atoms with Gasteiger partial charge in [0.1, 0.15) is 0 Å². The first-order valence-corrected chi connectivity index (χ1v) is 10.1. The molecule has 0 amide bonds. The van der Waals surface area contributed by atoms with Crippen LogP contribution in [0.5, 0.6) is 0 Å². The van der Waals surface area contributed by atoms with Gasteiger partial charge in [0.05, 0.1) is 0 Å². The Kier molecular flexibility index (Phi) is 5.42. The second-order valence-electron chi connectivity index (χ2n) is 5.39. The van der Waals surface area contributed by atoms with Crippen molar-refractivity contribution in [1.29, 1.82) is 0 Å². The van der Waals surface area contributed by atoms with Gasteiger partial charge in [-0.1, -0.05) is 30.3 Å².